The van der Waals surface area contributed by atoms with Crippen molar-refractivity contribution < 1.29 is 14.7 Å². The van der Waals surface area contributed by atoms with Crippen LogP contribution in [-0.4, -0.2) is 45.1 Å². The Morgan fingerprint density at radius 3 is 2.42 bits per heavy atom. The maximum atomic E-state index is 11.6. The quantitative estimate of drug-likeness (QED) is 0.501. The van der Waals surface area contributed by atoms with Crippen molar-refractivity contribution in [1.82, 2.24) is 19.9 Å². The van der Waals surface area contributed by atoms with Crippen LogP contribution in [0, 0.1) is 13.8 Å². The van der Waals surface area contributed by atoms with Gasteiger partial charge < -0.3 is 20.7 Å². The minimum absolute atomic E-state index is 0. The molecule has 0 saturated carbocycles. The number of likely N-dealkylation sites (N-methyl/N-ethyl adjacent to an activating group) is 1. The van der Waals surface area contributed by atoms with Crippen molar-refractivity contribution in [3.63, 3.8) is 0 Å². The SMILES string of the molecule is CNCC(=O)O.Cc1ccc2nc(C(N)=O)c3nc(C)n(C)c3c2c1.I. The van der Waals surface area contributed by atoms with Gasteiger partial charge in [-0.2, -0.15) is 0 Å². The molecule has 0 unspecified atom stereocenters. The molecule has 3 aromatic rings. The highest BCUT2D eigenvalue weighted by Crippen LogP contribution is 2.27. The Balaban J connectivity index is 0.000000422. The number of nitrogens with one attached hydrogen (secondary N) is 1. The summed E-state index contributed by atoms with van der Waals surface area (Å²) in [6.07, 6.45) is 0. The van der Waals surface area contributed by atoms with Gasteiger partial charge in [0.2, 0.25) is 0 Å². The van der Waals surface area contributed by atoms with Gasteiger partial charge in [0.25, 0.3) is 5.91 Å². The van der Waals surface area contributed by atoms with Crippen LogP contribution in [0.25, 0.3) is 21.9 Å². The minimum atomic E-state index is -0.822. The molecule has 8 nitrogen and oxygen atoms in total. The average molecular weight is 471 g/mol. The van der Waals surface area contributed by atoms with Crippen LogP contribution >= 0.6 is 24.0 Å². The van der Waals surface area contributed by atoms with Gasteiger partial charge in [0, 0.05) is 12.4 Å². The number of nitrogens with zero attached hydrogens (tertiary/aromatic N) is 3. The van der Waals surface area contributed by atoms with Gasteiger partial charge in [0.1, 0.15) is 11.3 Å². The molecule has 0 bridgehead atoms. The zero-order chi connectivity index (χ0) is 18.7. The van der Waals surface area contributed by atoms with E-state index in [9.17, 15) is 9.59 Å². The van der Waals surface area contributed by atoms with Crippen LogP contribution in [-0.2, 0) is 11.8 Å². The highest BCUT2D eigenvalue weighted by atomic mass is 127. The number of amides is 1. The second-order valence-electron chi connectivity index (χ2n) is 5.68. The highest BCUT2D eigenvalue weighted by Gasteiger charge is 2.17. The van der Waals surface area contributed by atoms with Gasteiger partial charge in [-0.3, -0.25) is 9.59 Å². The Kier molecular flexibility index (Phi) is 7.45. The number of carbonyl (C=O) groups is 2. The van der Waals surface area contributed by atoms with E-state index < -0.39 is 11.9 Å². The summed E-state index contributed by atoms with van der Waals surface area (Å²) in [5, 5.41) is 11.3. The molecule has 140 valence electrons. The maximum absolute atomic E-state index is 11.6. The molecule has 0 aliphatic rings. The fourth-order valence-corrected chi connectivity index (χ4v) is 2.52. The Labute approximate surface area is 167 Å². The Morgan fingerprint density at radius 1 is 1.27 bits per heavy atom. The van der Waals surface area contributed by atoms with Crippen LogP contribution in [0.15, 0.2) is 18.2 Å². The van der Waals surface area contributed by atoms with Gasteiger partial charge >= 0.3 is 5.97 Å². The number of fused-ring (bicyclic) bond motifs is 3. The summed E-state index contributed by atoms with van der Waals surface area (Å²) in [5.41, 5.74) is 9.02. The number of rotatable bonds is 3. The summed E-state index contributed by atoms with van der Waals surface area (Å²) in [6, 6.07) is 5.92. The largest absolute Gasteiger partial charge is 0.480 e. The zero-order valence-electron chi connectivity index (χ0n) is 15.0. The summed E-state index contributed by atoms with van der Waals surface area (Å²) in [6.45, 7) is 3.96. The second-order valence-corrected chi connectivity index (χ2v) is 5.68. The van der Waals surface area contributed by atoms with Gasteiger partial charge in [-0.15, -0.1) is 24.0 Å². The summed E-state index contributed by atoms with van der Waals surface area (Å²) in [7, 11) is 3.52. The lowest BCUT2D eigenvalue weighted by Crippen LogP contribution is -2.16. The summed E-state index contributed by atoms with van der Waals surface area (Å²) in [4.78, 5) is 29.9. The van der Waals surface area contributed by atoms with E-state index in [1.807, 2.05) is 37.6 Å². The van der Waals surface area contributed by atoms with E-state index in [1.165, 1.54) is 0 Å². The van der Waals surface area contributed by atoms with Crippen molar-refractivity contribution in [1.29, 1.82) is 0 Å². The monoisotopic (exact) mass is 471 g/mol. The zero-order valence-corrected chi connectivity index (χ0v) is 17.4. The van der Waals surface area contributed by atoms with E-state index in [1.54, 1.807) is 7.05 Å². The predicted octanol–water partition coefficient (Wildman–Crippen LogP) is 1.75. The number of pyridine rings is 1. The van der Waals surface area contributed by atoms with E-state index in [2.05, 4.69) is 21.4 Å². The maximum Gasteiger partial charge on any atom is 0.317 e. The number of aliphatic carboxylic acids is 1. The molecule has 3 rings (SSSR count). The van der Waals surface area contributed by atoms with Crippen molar-refractivity contribution in [3.05, 3.63) is 35.3 Å². The summed E-state index contributed by atoms with van der Waals surface area (Å²) >= 11 is 0. The smallest absolute Gasteiger partial charge is 0.317 e. The number of nitrogens with two attached hydrogens (primary N) is 1. The number of carbonyl (C=O) groups excluding carboxylic acids is 1. The van der Waals surface area contributed by atoms with Crippen molar-refractivity contribution in [2.24, 2.45) is 12.8 Å². The number of aromatic nitrogens is 3. The molecule has 4 N–H and O–H groups in total. The predicted molar refractivity (Wildman–Crippen MR) is 111 cm³/mol. The van der Waals surface area contributed by atoms with Crippen LogP contribution in [0.4, 0.5) is 0 Å². The first kappa shape index (κ1) is 21.8. The number of primary amides is 1. The van der Waals surface area contributed by atoms with Gasteiger partial charge in [0.05, 0.1) is 17.6 Å². The molecular weight excluding hydrogens is 449 g/mol. The third kappa shape index (κ3) is 4.47. The number of hydrogen-bond acceptors (Lipinski definition) is 5. The van der Waals surface area contributed by atoms with Crippen LogP contribution in [0.5, 0.6) is 0 Å². The molecule has 26 heavy (non-hydrogen) atoms. The molecule has 0 spiro atoms. The molecule has 0 atom stereocenters. The summed E-state index contributed by atoms with van der Waals surface area (Å²) < 4.78 is 1.96. The molecule has 0 radical (unpaired) electrons. The number of imidazole rings is 1. The van der Waals surface area contributed by atoms with Crippen molar-refractivity contribution in [2.45, 2.75) is 13.8 Å². The molecule has 2 heterocycles. The fraction of sp³-hybridized carbons (Fsp3) is 0.294. The second kappa shape index (κ2) is 8.90. The third-order valence-electron chi connectivity index (χ3n) is 3.74. The van der Waals surface area contributed by atoms with Gasteiger partial charge in [-0.05, 0) is 33.0 Å². The van der Waals surface area contributed by atoms with Crippen LogP contribution in [0.3, 0.4) is 0 Å². The van der Waals surface area contributed by atoms with Crippen LogP contribution < -0.4 is 11.1 Å². The Bertz CT molecular complexity index is 968. The molecule has 0 aliphatic heterocycles. The molecule has 0 saturated heterocycles. The normalized spacial score (nSPS) is 10.2. The van der Waals surface area contributed by atoms with Crippen LogP contribution in [0.2, 0.25) is 0 Å². The Hall–Kier alpha value is -2.27. The van der Waals surface area contributed by atoms with E-state index in [-0.39, 0.29) is 36.2 Å². The van der Waals surface area contributed by atoms with Gasteiger partial charge in [-0.25, -0.2) is 9.97 Å². The standard InChI is InChI=1S/C14H14N4O.C3H7NO2.HI/c1-7-4-5-10-9(6-7)13-11(12(17-10)14(15)19)16-8(2)18(13)3;1-4-2-3(5)6;/h4-6H,1-3H3,(H2,15,19);4H,2H2,1H3,(H,5,6);1H. The number of hydrogen-bond donors (Lipinski definition) is 3. The van der Waals surface area contributed by atoms with Crippen molar-refractivity contribution in [3.8, 4) is 0 Å². The number of carboxylic acid groups (broad SMARTS) is 1. The van der Waals surface area contributed by atoms with Crippen molar-refractivity contribution >= 4 is 57.8 Å². The lowest BCUT2D eigenvalue weighted by Gasteiger charge is -2.05. The number of halogens is 1. The van der Waals surface area contributed by atoms with E-state index >= 15 is 0 Å². The molecular formula is C17H22IN5O3. The van der Waals surface area contributed by atoms with E-state index in [0.29, 0.717) is 5.52 Å². The van der Waals surface area contributed by atoms with E-state index in [0.717, 1.165) is 27.8 Å². The fourth-order valence-electron chi connectivity index (χ4n) is 2.52. The minimum Gasteiger partial charge on any atom is -0.480 e. The van der Waals surface area contributed by atoms with Crippen molar-refractivity contribution in [2.75, 3.05) is 13.6 Å². The summed E-state index contributed by atoms with van der Waals surface area (Å²) in [5.74, 6) is -0.545. The van der Waals surface area contributed by atoms with Gasteiger partial charge in [0.15, 0.2) is 5.69 Å². The number of aryl methyl sites for hydroxylation is 3. The van der Waals surface area contributed by atoms with E-state index in [4.69, 9.17) is 10.8 Å². The number of carboxylic acids is 1. The molecule has 1 aromatic carbocycles. The molecule has 1 amide bonds. The first-order chi connectivity index (χ1) is 11.8. The molecule has 0 aliphatic carbocycles. The molecule has 2 aromatic heterocycles. The Morgan fingerprint density at radius 2 is 1.92 bits per heavy atom. The lowest BCUT2D eigenvalue weighted by atomic mass is 10.1. The number of benzene rings is 1. The molecule has 9 heteroatoms. The molecule has 0 fully saturated rings. The lowest BCUT2D eigenvalue weighted by molar-refractivity contribution is -0.135. The first-order valence-electron chi connectivity index (χ1n) is 7.65. The van der Waals surface area contributed by atoms with Crippen LogP contribution in [0.1, 0.15) is 21.9 Å². The topological polar surface area (TPSA) is 123 Å². The third-order valence-corrected chi connectivity index (χ3v) is 3.74. The first-order valence-corrected chi connectivity index (χ1v) is 7.65. The van der Waals surface area contributed by atoms with Gasteiger partial charge in [-0.1, -0.05) is 11.6 Å². The highest BCUT2D eigenvalue weighted by molar-refractivity contribution is 14.0. The average Bonchev–Trinajstić information content (AvgIpc) is 2.82.